The first-order chi connectivity index (χ1) is 18.7. The molecule has 8 heteroatoms. The first-order valence-corrected chi connectivity index (χ1v) is 15.0. The van der Waals surface area contributed by atoms with Gasteiger partial charge in [0.2, 0.25) is 0 Å². The summed E-state index contributed by atoms with van der Waals surface area (Å²) in [6.07, 6.45) is 11.2. The van der Waals surface area contributed by atoms with Crippen LogP contribution in [0, 0.1) is 22.7 Å². The molecule has 7 atom stereocenters. The molecule has 3 saturated carbocycles. The lowest BCUT2D eigenvalue weighted by Gasteiger charge is -2.62. The largest absolute Gasteiger partial charge is 0.448 e. The summed E-state index contributed by atoms with van der Waals surface area (Å²) in [6, 6.07) is 3.40. The number of carbonyl (C=O) groups is 1. The second-order valence-electron chi connectivity index (χ2n) is 13.1. The van der Waals surface area contributed by atoms with Gasteiger partial charge in [0.05, 0.1) is 31.1 Å². The summed E-state index contributed by atoms with van der Waals surface area (Å²) in [5.74, 6) is 0.893. The van der Waals surface area contributed by atoms with Crippen LogP contribution in [0.25, 0.3) is 0 Å². The number of hydrogen-bond donors (Lipinski definition) is 2. The van der Waals surface area contributed by atoms with E-state index >= 15 is 0 Å². The highest BCUT2D eigenvalue weighted by Crippen LogP contribution is 2.70. The van der Waals surface area contributed by atoms with E-state index in [0.29, 0.717) is 12.5 Å². The van der Waals surface area contributed by atoms with Crippen LogP contribution in [0.1, 0.15) is 76.7 Å². The number of nitrogens with one attached hydrogen (secondary N) is 1. The monoisotopic (exact) mass is 540 g/mol. The van der Waals surface area contributed by atoms with Crippen molar-refractivity contribution in [3.8, 4) is 0 Å². The average Bonchev–Trinajstić information content (AvgIpc) is 3.21. The van der Waals surface area contributed by atoms with E-state index in [0.717, 1.165) is 89.8 Å². The molecule has 0 unspecified atom stereocenters. The highest BCUT2D eigenvalue weighted by atomic mass is 16.5. The van der Waals surface area contributed by atoms with Gasteiger partial charge in [-0.05, 0) is 86.2 Å². The van der Waals surface area contributed by atoms with Gasteiger partial charge in [-0.15, -0.1) is 0 Å². The number of fused-ring (bicyclic) bond motifs is 5. The highest BCUT2D eigenvalue weighted by Gasteiger charge is 2.66. The Kier molecular flexibility index (Phi) is 7.17. The fourth-order valence-corrected chi connectivity index (χ4v) is 9.20. The smallest absolute Gasteiger partial charge is 0.407 e. The van der Waals surface area contributed by atoms with Crippen LogP contribution < -0.4 is 10.9 Å². The zero-order chi connectivity index (χ0) is 27.3. The van der Waals surface area contributed by atoms with Gasteiger partial charge in [0.1, 0.15) is 6.61 Å². The van der Waals surface area contributed by atoms with Crippen LogP contribution in [0.3, 0.4) is 0 Å². The van der Waals surface area contributed by atoms with E-state index in [9.17, 15) is 14.7 Å². The third kappa shape index (κ3) is 4.66. The van der Waals surface area contributed by atoms with Crippen LogP contribution in [-0.4, -0.2) is 67.2 Å². The number of morpholine rings is 1. The summed E-state index contributed by atoms with van der Waals surface area (Å²) in [5, 5.41) is 15.5. The number of ether oxygens (including phenoxy) is 2. The molecule has 0 aromatic carbocycles. The number of amides is 1. The number of carbonyl (C=O) groups excluding carboxylic acids is 1. The molecule has 4 aliphatic carbocycles. The summed E-state index contributed by atoms with van der Waals surface area (Å²) in [5.41, 5.74) is 1.26. The maximum absolute atomic E-state index is 12.5. The molecule has 6 rings (SSSR count). The van der Waals surface area contributed by atoms with Gasteiger partial charge < -0.3 is 24.3 Å². The third-order valence-electron chi connectivity index (χ3n) is 11.5. The van der Waals surface area contributed by atoms with Gasteiger partial charge in [-0.2, -0.15) is 0 Å². The van der Waals surface area contributed by atoms with Crippen molar-refractivity contribution in [3.63, 3.8) is 0 Å². The van der Waals surface area contributed by atoms with Crippen molar-refractivity contribution < 1.29 is 23.8 Å². The fraction of sp³-hybridized carbons (Fsp3) is 0.742. The van der Waals surface area contributed by atoms with E-state index in [-0.39, 0.29) is 40.4 Å². The van der Waals surface area contributed by atoms with E-state index in [1.54, 1.807) is 6.26 Å². The molecule has 4 fully saturated rings. The molecule has 2 N–H and O–H groups in total. The van der Waals surface area contributed by atoms with Crippen molar-refractivity contribution in [2.24, 2.45) is 22.7 Å². The van der Waals surface area contributed by atoms with Gasteiger partial charge in [0.15, 0.2) is 0 Å². The van der Waals surface area contributed by atoms with Crippen molar-refractivity contribution in [2.45, 2.75) is 82.8 Å². The number of rotatable bonds is 5. The number of nitrogens with zero attached hydrogens (tertiary/aromatic N) is 1. The molecule has 0 bridgehead atoms. The quantitative estimate of drug-likeness (QED) is 0.539. The Balaban J connectivity index is 1.11. The zero-order valence-electron chi connectivity index (χ0n) is 23.5. The Morgan fingerprint density at radius 3 is 2.69 bits per heavy atom. The second kappa shape index (κ2) is 10.3. The SMILES string of the molecule is C[C@]12CC[C@H](NC(=O)OCCN3CCOCC3)C=C1CC[C@@H]1[C@@H]2CC[C@]2(C)[C@@H](c3ccc(=O)oc3)CC[C@]12O. The zero-order valence-corrected chi connectivity index (χ0v) is 23.5. The molecular formula is C31H44N2O6. The van der Waals surface area contributed by atoms with Gasteiger partial charge >= 0.3 is 11.7 Å². The lowest BCUT2D eigenvalue weighted by Crippen LogP contribution is -2.60. The molecule has 1 aromatic rings. The van der Waals surface area contributed by atoms with Crippen LogP contribution in [0.4, 0.5) is 4.79 Å². The topological polar surface area (TPSA) is 101 Å². The van der Waals surface area contributed by atoms with Crippen LogP contribution in [0.2, 0.25) is 0 Å². The van der Waals surface area contributed by atoms with E-state index in [2.05, 4.69) is 30.1 Å². The minimum absolute atomic E-state index is 0.000974. The molecule has 0 spiro atoms. The predicted molar refractivity (Wildman–Crippen MR) is 146 cm³/mol. The lowest BCUT2D eigenvalue weighted by molar-refractivity contribution is -0.177. The van der Waals surface area contributed by atoms with Crippen molar-refractivity contribution in [3.05, 3.63) is 46.0 Å². The maximum atomic E-state index is 12.5. The summed E-state index contributed by atoms with van der Waals surface area (Å²) in [4.78, 5) is 26.3. The Bertz CT molecular complexity index is 1140. The number of hydrogen-bond acceptors (Lipinski definition) is 7. The second-order valence-corrected chi connectivity index (χ2v) is 13.1. The summed E-state index contributed by atoms with van der Waals surface area (Å²) >= 11 is 0. The number of aliphatic hydroxyl groups is 1. The minimum Gasteiger partial charge on any atom is -0.448 e. The molecule has 39 heavy (non-hydrogen) atoms. The molecule has 1 saturated heterocycles. The minimum atomic E-state index is -0.718. The first-order valence-electron chi connectivity index (χ1n) is 15.0. The molecule has 214 valence electrons. The Labute approximate surface area is 231 Å². The summed E-state index contributed by atoms with van der Waals surface area (Å²) in [7, 11) is 0. The molecule has 0 radical (unpaired) electrons. The molecule has 1 amide bonds. The van der Waals surface area contributed by atoms with Crippen LogP contribution in [-0.2, 0) is 9.47 Å². The van der Waals surface area contributed by atoms with Gasteiger partial charge in [0, 0.05) is 31.1 Å². The van der Waals surface area contributed by atoms with Crippen LogP contribution >= 0.6 is 0 Å². The molecule has 5 aliphatic rings. The summed E-state index contributed by atoms with van der Waals surface area (Å²) < 4.78 is 16.1. The lowest BCUT2D eigenvalue weighted by atomic mass is 9.45. The summed E-state index contributed by atoms with van der Waals surface area (Å²) in [6.45, 7) is 9.06. The Hall–Kier alpha value is -2.16. The highest BCUT2D eigenvalue weighted by molar-refractivity contribution is 5.68. The van der Waals surface area contributed by atoms with E-state index in [1.807, 2.05) is 6.07 Å². The Morgan fingerprint density at radius 1 is 1.10 bits per heavy atom. The molecule has 1 aliphatic heterocycles. The van der Waals surface area contributed by atoms with Gasteiger partial charge in [0.25, 0.3) is 0 Å². The first kappa shape index (κ1) is 27.0. The molecule has 2 heterocycles. The number of alkyl carbamates (subject to hydrolysis) is 1. The van der Waals surface area contributed by atoms with E-state index < -0.39 is 5.60 Å². The average molecular weight is 541 g/mol. The maximum Gasteiger partial charge on any atom is 0.407 e. The van der Waals surface area contributed by atoms with Crippen molar-refractivity contribution in [1.29, 1.82) is 0 Å². The van der Waals surface area contributed by atoms with Gasteiger partial charge in [-0.3, -0.25) is 4.90 Å². The molecular weight excluding hydrogens is 496 g/mol. The fourth-order valence-electron chi connectivity index (χ4n) is 9.20. The molecule has 8 nitrogen and oxygen atoms in total. The Morgan fingerprint density at radius 2 is 1.92 bits per heavy atom. The standard InChI is InChI=1S/C31H44N2O6/c1-29-10-7-23(32-28(35)38-18-15-33-13-16-37-17-14-33)19-22(29)4-5-26-25(29)8-11-30(2)24(9-12-31(26,30)36)21-3-6-27(34)39-20-21/h3,6,19-20,23-26,36H,4-5,7-18H2,1-2H3,(H,32,35)/t23-,24+,25-,26+,29-,30+,31-/m0/s1. The molecule has 1 aromatic heterocycles. The van der Waals surface area contributed by atoms with E-state index in [4.69, 9.17) is 13.9 Å². The number of allylic oxidation sites excluding steroid dienone is 1. The van der Waals surface area contributed by atoms with Gasteiger partial charge in [-0.1, -0.05) is 25.5 Å². The predicted octanol–water partition coefficient (Wildman–Crippen LogP) is 4.23. The van der Waals surface area contributed by atoms with Crippen molar-refractivity contribution >= 4 is 6.09 Å². The van der Waals surface area contributed by atoms with Crippen LogP contribution in [0.5, 0.6) is 0 Å². The van der Waals surface area contributed by atoms with Gasteiger partial charge in [-0.25, -0.2) is 9.59 Å². The van der Waals surface area contributed by atoms with Crippen molar-refractivity contribution in [2.75, 3.05) is 39.5 Å². The van der Waals surface area contributed by atoms with Crippen LogP contribution in [0.15, 0.2) is 39.3 Å². The normalized spacial score (nSPS) is 40.1. The third-order valence-corrected chi connectivity index (χ3v) is 11.5. The van der Waals surface area contributed by atoms with E-state index in [1.165, 1.54) is 11.6 Å². The van der Waals surface area contributed by atoms with Crippen molar-refractivity contribution in [1.82, 2.24) is 10.2 Å².